The zero-order valence-corrected chi connectivity index (χ0v) is 17.8. The third-order valence-corrected chi connectivity index (χ3v) is 7.55. The molecule has 2 rings (SSSR count). The van der Waals surface area contributed by atoms with Gasteiger partial charge in [0, 0.05) is 13.1 Å². The van der Waals surface area contributed by atoms with E-state index in [1.807, 2.05) is 19.1 Å². The molecule has 6 nitrogen and oxygen atoms in total. The predicted octanol–water partition coefficient (Wildman–Crippen LogP) is 3.41. The van der Waals surface area contributed by atoms with E-state index in [9.17, 15) is 16.8 Å². The number of aryl methyl sites for hydroxylation is 3. The zero-order chi connectivity index (χ0) is 20.4. The first-order chi connectivity index (χ1) is 12.5. The Morgan fingerprint density at radius 2 is 1.26 bits per heavy atom. The van der Waals surface area contributed by atoms with Gasteiger partial charge in [0.25, 0.3) is 0 Å². The fraction of sp³-hybridized carbons (Fsp3) is 0.368. The summed E-state index contributed by atoms with van der Waals surface area (Å²) in [6.45, 7) is 9.67. The number of benzene rings is 2. The van der Waals surface area contributed by atoms with Gasteiger partial charge >= 0.3 is 10.1 Å². The molecule has 0 N–H and O–H groups in total. The standard InChI is InChI=1S/C19H25NO5S2/c1-6-20(7-2)26(21,22)17-8-10-18(11-9-17)27(23,24)25-19-15(4)12-14(3)13-16(19)5/h8-13H,6-7H2,1-5H3. The van der Waals surface area contributed by atoms with Crippen LogP contribution in [0.1, 0.15) is 30.5 Å². The topological polar surface area (TPSA) is 80.8 Å². The van der Waals surface area contributed by atoms with Crippen LogP contribution in [-0.2, 0) is 20.1 Å². The molecule has 27 heavy (non-hydrogen) atoms. The molecule has 0 heterocycles. The minimum atomic E-state index is -4.07. The van der Waals surface area contributed by atoms with Crippen LogP contribution in [0.2, 0.25) is 0 Å². The molecule has 0 radical (unpaired) electrons. The number of hydrogen-bond acceptors (Lipinski definition) is 5. The van der Waals surface area contributed by atoms with E-state index in [1.165, 1.54) is 28.6 Å². The molecule has 2 aromatic carbocycles. The Bertz CT molecular complexity index is 999. The summed E-state index contributed by atoms with van der Waals surface area (Å²) in [5.41, 5.74) is 2.45. The number of sulfonamides is 1. The molecule has 0 saturated carbocycles. The minimum absolute atomic E-state index is 0.0489. The van der Waals surface area contributed by atoms with E-state index < -0.39 is 20.1 Å². The van der Waals surface area contributed by atoms with E-state index in [0.29, 0.717) is 18.8 Å². The predicted molar refractivity (Wildman–Crippen MR) is 105 cm³/mol. The Kier molecular flexibility index (Phi) is 6.34. The Balaban J connectivity index is 2.36. The second kappa shape index (κ2) is 8.00. The Labute approximate surface area is 162 Å². The van der Waals surface area contributed by atoms with Gasteiger partial charge in [0.05, 0.1) is 4.90 Å². The molecular formula is C19H25NO5S2. The average Bonchev–Trinajstić information content (AvgIpc) is 2.59. The highest BCUT2D eigenvalue weighted by Gasteiger charge is 2.24. The summed E-state index contributed by atoms with van der Waals surface area (Å²) in [6.07, 6.45) is 0. The maximum absolute atomic E-state index is 12.6. The van der Waals surface area contributed by atoms with Crippen molar-refractivity contribution in [1.82, 2.24) is 4.31 Å². The van der Waals surface area contributed by atoms with Crippen LogP contribution in [0, 0.1) is 20.8 Å². The van der Waals surface area contributed by atoms with Gasteiger partial charge in [-0.15, -0.1) is 0 Å². The van der Waals surface area contributed by atoms with Gasteiger partial charge in [-0.05, 0) is 56.2 Å². The minimum Gasteiger partial charge on any atom is -0.378 e. The van der Waals surface area contributed by atoms with E-state index in [2.05, 4.69) is 0 Å². The van der Waals surface area contributed by atoms with Gasteiger partial charge < -0.3 is 4.18 Å². The van der Waals surface area contributed by atoms with Crippen molar-refractivity contribution in [3.8, 4) is 5.75 Å². The summed E-state index contributed by atoms with van der Waals surface area (Å²) in [5.74, 6) is 0.292. The van der Waals surface area contributed by atoms with Crippen LogP contribution in [0.3, 0.4) is 0 Å². The molecule has 0 amide bonds. The third-order valence-electron chi connectivity index (χ3n) is 4.25. The first-order valence-corrected chi connectivity index (χ1v) is 11.5. The molecule has 0 saturated heterocycles. The van der Waals surface area contributed by atoms with Gasteiger partial charge in [-0.1, -0.05) is 31.5 Å². The summed E-state index contributed by atoms with van der Waals surface area (Å²) in [6, 6.07) is 8.78. The van der Waals surface area contributed by atoms with Gasteiger partial charge in [-0.25, -0.2) is 8.42 Å². The molecular weight excluding hydrogens is 386 g/mol. The SMILES string of the molecule is CCN(CC)S(=O)(=O)c1ccc(S(=O)(=O)Oc2c(C)cc(C)cc2C)cc1. The van der Waals surface area contributed by atoms with Crippen molar-refractivity contribution in [3.05, 3.63) is 53.1 Å². The van der Waals surface area contributed by atoms with E-state index in [0.717, 1.165) is 16.7 Å². The third kappa shape index (κ3) is 4.51. The van der Waals surface area contributed by atoms with Crippen molar-refractivity contribution >= 4 is 20.1 Å². The van der Waals surface area contributed by atoms with Crippen molar-refractivity contribution in [2.24, 2.45) is 0 Å². The first-order valence-electron chi connectivity index (χ1n) is 8.65. The smallest absolute Gasteiger partial charge is 0.339 e. The molecule has 0 spiro atoms. The van der Waals surface area contributed by atoms with Crippen LogP contribution < -0.4 is 4.18 Å². The summed E-state index contributed by atoms with van der Waals surface area (Å²) in [7, 11) is -7.72. The van der Waals surface area contributed by atoms with Crippen LogP contribution in [0.4, 0.5) is 0 Å². The second-order valence-electron chi connectivity index (χ2n) is 6.33. The number of hydrogen-bond donors (Lipinski definition) is 0. The second-order valence-corrected chi connectivity index (χ2v) is 9.81. The van der Waals surface area contributed by atoms with Crippen molar-refractivity contribution in [2.45, 2.75) is 44.4 Å². The molecule has 0 aliphatic carbocycles. The average molecular weight is 412 g/mol. The molecule has 2 aromatic rings. The molecule has 0 unspecified atom stereocenters. The van der Waals surface area contributed by atoms with Crippen molar-refractivity contribution in [1.29, 1.82) is 0 Å². The number of rotatable bonds is 7. The van der Waals surface area contributed by atoms with Gasteiger partial charge in [0.2, 0.25) is 10.0 Å². The summed E-state index contributed by atoms with van der Waals surface area (Å²) < 4.78 is 56.9. The lowest BCUT2D eigenvalue weighted by Gasteiger charge is -2.18. The van der Waals surface area contributed by atoms with E-state index in [-0.39, 0.29) is 9.79 Å². The number of nitrogens with zero attached hydrogens (tertiary/aromatic N) is 1. The molecule has 8 heteroatoms. The quantitative estimate of drug-likeness (QED) is 0.652. The molecule has 0 aliphatic heterocycles. The first kappa shape index (κ1) is 21.4. The van der Waals surface area contributed by atoms with E-state index in [1.54, 1.807) is 27.7 Å². The maximum atomic E-state index is 12.6. The monoisotopic (exact) mass is 411 g/mol. The molecule has 0 fully saturated rings. The highest BCUT2D eigenvalue weighted by molar-refractivity contribution is 7.89. The summed E-state index contributed by atoms with van der Waals surface area (Å²) >= 11 is 0. The van der Waals surface area contributed by atoms with Crippen LogP contribution in [0.5, 0.6) is 5.75 Å². The summed E-state index contributed by atoms with van der Waals surface area (Å²) in [4.78, 5) is -0.0479. The lowest BCUT2D eigenvalue weighted by molar-refractivity contribution is 0.445. The normalized spacial score (nSPS) is 12.4. The van der Waals surface area contributed by atoms with Gasteiger partial charge in [-0.3, -0.25) is 0 Å². The Morgan fingerprint density at radius 3 is 1.70 bits per heavy atom. The zero-order valence-electron chi connectivity index (χ0n) is 16.2. The highest BCUT2D eigenvalue weighted by atomic mass is 32.2. The Hall–Kier alpha value is -1.90. The molecule has 0 bridgehead atoms. The van der Waals surface area contributed by atoms with Crippen LogP contribution in [0.15, 0.2) is 46.2 Å². The van der Waals surface area contributed by atoms with E-state index >= 15 is 0 Å². The Morgan fingerprint density at radius 1 is 0.815 bits per heavy atom. The van der Waals surface area contributed by atoms with Crippen molar-refractivity contribution < 1.29 is 21.0 Å². The van der Waals surface area contributed by atoms with Crippen LogP contribution >= 0.6 is 0 Å². The molecule has 148 valence electrons. The van der Waals surface area contributed by atoms with Gasteiger partial charge in [0.1, 0.15) is 10.6 Å². The van der Waals surface area contributed by atoms with Crippen molar-refractivity contribution in [2.75, 3.05) is 13.1 Å². The van der Waals surface area contributed by atoms with Gasteiger partial charge in [0.15, 0.2) is 0 Å². The van der Waals surface area contributed by atoms with Crippen molar-refractivity contribution in [3.63, 3.8) is 0 Å². The maximum Gasteiger partial charge on any atom is 0.339 e. The fourth-order valence-corrected chi connectivity index (χ4v) is 5.45. The molecule has 0 aromatic heterocycles. The van der Waals surface area contributed by atoms with Crippen LogP contribution in [-0.4, -0.2) is 34.2 Å². The van der Waals surface area contributed by atoms with E-state index in [4.69, 9.17) is 4.18 Å². The fourth-order valence-electron chi connectivity index (χ4n) is 2.95. The van der Waals surface area contributed by atoms with Crippen LogP contribution in [0.25, 0.3) is 0 Å². The molecule has 0 aliphatic rings. The highest BCUT2D eigenvalue weighted by Crippen LogP contribution is 2.28. The largest absolute Gasteiger partial charge is 0.378 e. The summed E-state index contributed by atoms with van der Waals surface area (Å²) in [5, 5.41) is 0. The lowest BCUT2D eigenvalue weighted by atomic mass is 10.1. The lowest BCUT2D eigenvalue weighted by Crippen LogP contribution is -2.30. The molecule has 0 atom stereocenters. The van der Waals surface area contributed by atoms with Gasteiger partial charge in [-0.2, -0.15) is 12.7 Å².